The van der Waals surface area contributed by atoms with Crippen LogP contribution in [0.15, 0.2) is 66.7 Å². The maximum atomic E-state index is 12.9. The molecule has 2 N–H and O–H groups in total. The lowest BCUT2D eigenvalue weighted by atomic mass is 9.82. The van der Waals surface area contributed by atoms with Crippen molar-refractivity contribution in [1.82, 2.24) is 0 Å². The normalized spacial score (nSPS) is 12.1. The third-order valence-electron chi connectivity index (χ3n) is 4.68. The Labute approximate surface area is 166 Å². The van der Waals surface area contributed by atoms with Gasteiger partial charge in [0.05, 0.1) is 16.8 Å². The van der Waals surface area contributed by atoms with Gasteiger partial charge >= 0.3 is 5.97 Å². The Kier molecular flexibility index (Phi) is 4.83. The molecule has 6 nitrogen and oxygen atoms in total. The molecular formula is C23H17NO5. The highest BCUT2D eigenvalue weighted by Gasteiger charge is 2.32. The molecule has 0 radical (unpaired) electrons. The number of nitrogen functional groups attached to an aromatic ring is 1. The van der Waals surface area contributed by atoms with Gasteiger partial charge < -0.3 is 15.2 Å². The van der Waals surface area contributed by atoms with Crippen LogP contribution in [0, 0.1) is 0 Å². The second-order valence-corrected chi connectivity index (χ2v) is 6.45. The van der Waals surface area contributed by atoms with E-state index in [0.717, 1.165) is 0 Å². The molecule has 0 atom stereocenters. The van der Waals surface area contributed by atoms with E-state index in [1.54, 1.807) is 36.4 Å². The van der Waals surface area contributed by atoms with Crippen LogP contribution >= 0.6 is 0 Å². The molecule has 0 spiro atoms. The zero-order valence-electron chi connectivity index (χ0n) is 15.4. The lowest BCUT2D eigenvalue weighted by Crippen LogP contribution is -2.24. The fourth-order valence-electron chi connectivity index (χ4n) is 3.28. The molecule has 0 unspecified atom stereocenters. The minimum absolute atomic E-state index is 0.0139. The fourth-order valence-corrected chi connectivity index (χ4v) is 3.28. The second-order valence-electron chi connectivity index (χ2n) is 6.45. The molecule has 0 saturated heterocycles. The van der Waals surface area contributed by atoms with Gasteiger partial charge in [-0.25, -0.2) is 4.79 Å². The largest absolute Gasteiger partial charge is 0.490 e. The van der Waals surface area contributed by atoms with Gasteiger partial charge in [0.25, 0.3) is 0 Å². The van der Waals surface area contributed by atoms with Gasteiger partial charge in [-0.3, -0.25) is 9.59 Å². The van der Waals surface area contributed by atoms with E-state index in [0.29, 0.717) is 11.3 Å². The number of esters is 1. The molecule has 1 aliphatic rings. The highest BCUT2D eigenvalue weighted by Crippen LogP contribution is 2.32. The molecule has 0 amide bonds. The summed E-state index contributed by atoms with van der Waals surface area (Å²) in [6.45, 7) is 0.186. The topological polar surface area (TPSA) is 95.7 Å². The van der Waals surface area contributed by atoms with Gasteiger partial charge in [0.1, 0.15) is 19.0 Å². The first-order valence-electron chi connectivity index (χ1n) is 9.04. The van der Waals surface area contributed by atoms with E-state index in [1.807, 2.05) is 18.2 Å². The molecule has 29 heavy (non-hydrogen) atoms. The number of para-hydroxylation sites is 1. The Bertz CT molecular complexity index is 1120. The minimum Gasteiger partial charge on any atom is -0.490 e. The zero-order chi connectivity index (χ0) is 20.4. The first-order chi connectivity index (χ1) is 14.1. The number of ketones is 2. The third-order valence-corrected chi connectivity index (χ3v) is 4.68. The molecular weight excluding hydrogens is 370 g/mol. The van der Waals surface area contributed by atoms with E-state index in [9.17, 15) is 14.4 Å². The number of hydrogen-bond acceptors (Lipinski definition) is 6. The molecule has 0 saturated carbocycles. The van der Waals surface area contributed by atoms with Crippen molar-refractivity contribution in [2.45, 2.75) is 0 Å². The molecule has 0 bridgehead atoms. The summed E-state index contributed by atoms with van der Waals surface area (Å²) in [7, 11) is 0. The molecule has 3 aromatic carbocycles. The van der Waals surface area contributed by atoms with E-state index in [4.69, 9.17) is 15.2 Å². The molecule has 0 aliphatic heterocycles. The van der Waals surface area contributed by atoms with Gasteiger partial charge in [-0.05, 0) is 24.3 Å². The molecule has 3 aromatic rings. The zero-order valence-corrected chi connectivity index (χ0v) is 15.4. The Morgan fingerprint density at radius 3 is 2.14 bits per heavy atom. The van der Waals surface area contributed by atoms with Crippen molar-refractivity contribution >= 4 is 23.2 Å². The van der Waals surface area contributed by atoms with Gasteiger partial charge in [-0.2, -0.15) is 0 Å². The van der Waals surface area contributed by atoms with E-state index < -0.39 is 5.97 Å². The van der Waals surface area contributed by atoms with Crippen LogP contribution in [0.3, 0.4) is 0 Å². The average molecular weight is 387 g/mol. The lowest BCUT2D eigenvalue weighted by molar-refractivity contribution is 0.0451. The van der Waals surface area contributed by atoms with E-state index >= 15 is 0 Å². The number of carbonyl (C=O) groups is 3. The molecule has 1 aliphatic carbocycles. The van der Waals surface area contributed by atoms with Gasteiger partial charge in [0.15, 0.2) is 11.6 Å². The number of carbonyl (C=O) groups excluding carboxylic acids is 3. The number of rotatable bonds is 5. The smallest absolute Gasteiger partial charge is 0.340 e. The Hall–Kier alpha value is -3.93. The van der Waals surface area contributed by atoms with Crippen LogP contribution in [0.5, 0.6) is 5.75 Å². The van der Waals surface area contributed by atoms with Gasteiger partial charge in [-0.15, -0.1) is 0 Å². The number of nitrogens with two attached hydrogens (primary N) is 1. The summed E-state index contributed by atoms with van der Waals surface area (Å²) in [5.41, 5.74) is 6.94. The third kappa shape index (κ3) is 3.36. The van der Waals surface area contributed by atoms with Crippen molar-refractivity contribution < 1.29 is 23.9 Å². The van der Waals surface area contributed by atoms with Gasteiger partial charge in [0, 0.05) is 16.7 Å². The molecule has 0 heterocycles. The summed E-state index contributed by atoms with van der Waals surface area (Å²) in [6.07, 6.45) is 0. The fraction of sp³-hybridized carbons (Fsp3) is 0.0870. The minimum atomic E-state index is -0.680. The van der Waals surface area contributed by atoms with E-state index in [1.165, 1.54) is 12.1 Å². The lowest BCUT2D eigenvalue weighted by Gasteiger charge is -2.20. The SMILES string of the molecule is Nc1c(C(=O)OCCOc2ccccc2)ccc2c1C(=O)c1ccccc1C2=O. The van der Waals surface area contributed by atoms with Crippen molar-refractivity contribution in [3.05, 3.63) is 94.5 Å². The van der Waals surface area contributed by atoms with Crippen molar-refractivity contribution in [3.8, 4) is 5.75 Å². The van der Waals surface area contributed by atoms with Crippen molar-refractivity contribution in [2.75, 3.05) is 18.9 Å². The van der Waals surface area contributed by atoms with Crippen LogP contribution in [-0.2, 0) is 4.74 Å². The second kappa shape index (κ2) is 7.59. The van der Waals surface area contributed by atoms with Crippen molar-refractivity contribution in [3.63, 3.8) is 0 Å². The summed E-state index contributed by atoms with van der Waals surface area (Å²) < 4.78 is 10.7. The van der Waals surface area contributed by atoms with E-state index in [2.05, 4.69) is 0 Å². The number of benzene rings is 3. The number of fused-ring (bicyclic) bond motifs is 2. The Morgan fingerprint density at radius 1 is 0.759 bits per heavy atom. The molecule has 0 aromatic heterocycles. The van der Waals surface area contributed by atoms with Crippen LogP contribution in [-0.4, -0.2) is 30.7 Å². The first-order valence-corrected chi connectivity index (χ1v) is 9.04. The number of ether oxygens (including phenoxy) is 2. The standard InChI is InChI=1S/C23H17NO5/c24-20-18(23(27)29-13-12-28-14-6-2-1-3-7-14)11-10-17-19(20)22(26)16-9-5-4-8-15(16)21(17)25/h1-11H,12-13,24H2. The summed E-state index contributed by atoms with van der Waals surface area (Å²) in [6, 6.07) is 18.5. The highest BCUT2D eigenvalue weighted by molar-refractivity contribution is 6.30. The van der Waals surface area contributed by atoms with Crippen LogP contribution in [0.4, 0.5) is 5.69 Å². The molecule has 6 heteroatoms. The average Bonchev–Trinajstić information content (AvgIpc) is 2.75. The summed E-state index contributed by atoms with van der Waals surface area (Å²) in [4.78, 5) is 38.0. The number of anilines is 1. The van der Waals surface area contributed by atoms with Gasteiger partial charge in [-0.1, -0.05) is 42.5 Å². The summed E-state index contributed by atoms with van der Waals surface area (Å²) in [5, 5.41) is 0. The first kappa shape index (κ1) is 18.4. The maximum Gasteiger partial charge on any atom is 0.340 e. The Balaban J connectivity index is 1.52. The highest BCUT2D eigenvalue weighted by atomic mass is 16.6. The van der Waals surface area contributed by atoms with Crippen LogP contribution in [0.1, 0.15) is 42.2 Å². The van der Waals surface area contributed by atoms with E-state index in [-0.39, 0.29) is 52.7 Å². The monoisotopic (exact) mass is 387 g/mol. The van der Waals surface area contributed by atoms with Crippen molar-refractivity contribution in [1.29, 1.82) is 0 Å². The van der Waals surface area contributed by atoms with Crippen LogP contribution in [0.25, 0.3) is 0 Å². The maximum absolute atomic E-state index is 12.9. The van der Waals surface area contributed by atoms with Crippen LogP contribution in [0.2, 0.25) is 0 Å². The summed E-state index contributed by atoms with van der Waals surface area (Å²) in [5.74, 6) is -0.687. The predicted octanol–water partition coefficient (Wildman–Crippen LogP) is 3.28. The molecule has 144 valence electrons. The summed E-state index contributed by atoms with van der Waals surface area (Å²) >= 11 is 0. The number of hydrogen-bond donors (Lipinski definition) is 1. The predicted molar refractivity (Wildman–Crippen MR) is 106 cm³/mol. The molecule has 4 rings (SSSR count). The quantitative estimate of drug-likeness (QED) is 0.321. The van der Waals surface area contributed by atoms with Crippen LogP contribution < -0.4 is 10.5 Å². The Morgan fingerprint density at radius 2 is 1.41 bits per heavy atom. The van der Waals surface area contributed by atoms with Crippen molar-refractivity contribution in [2.24, 2.45) is 0 Å². The van der Waals surface area contributed by atoms with Gasteiger partial charge in [0.2, 0.25) is 0 Å². The molecule has 0 fully saturated rings.